The van der Waals surface area contributed by atoms with Crippen molar-refractivity contribution in [2.45, 2.75) is 31.2 Å². The molecule has 0 saturated carbocycles. The molecule has 0 spiro atoms. The molecule has 2 aromatic heterocycles. The van der Waals surface area contributed by atoms with Crippen molar-refractivity contribution in [2.75, 3.05) is 12.4 Å². The monoisotopic (exact) mass is 267 g/mol. The molecule has 0 saturated heterocycles. The van der Waals surface area contributed by atoms with Crippen molar-refractivity contribution in [2.24, 2.45) is 0 Å². The average Bonchev–Trinajstić information content (AvgIpc) is 2.77. The first-order valence-corrected chi connectivity index (χ1v) is 6.87. The number of aliphatic hydroxyl groups is 1. The van der Waals surface area contributed by atoms with Gasteiger partial charge in [-0.05, 0) is 26.0 Å². The second kappa shape index (κ2) is 6.17. The SMILES string of the molecule is CC(C)OCC(O)CSc1nnc2ccccn12. The third-order valence-corrected chi connectivity index (χ3v) is 3.40. The molecule has 0 aromatic carbocycles. The molecule has 18 heavy (non-hydrogen) atoms. The van der Waals surface area contributed by atoms with Crippen LogP contribution in [0, 0.1) is 0 Å². The highest BCUT2D eigenvalue weighted by Crippen LogP contribution is 2.17. The zero-order chi connectivity index (χ0) is 13.0. The van der Waals surface area contributed by atoms with Crippen molar-refractivity contribution in [1.29, 1.82) is 0 Å². The zero-order valence-corrected chi connectivity index (χ0v) is 11.3. The highest BCUT2D eigenvalue weighted by atomic mass is 32.2. The summed E-state index contributed by atoms with van der Waals surface area (Å²) in [4.78, 5) is 0. The Bertz CT molecular complexity index is 501. The molecular weight excluding hydrogens is 250 g/mol. The molecule has 1 atom stereocenters. The van der Waals surface area contributed by atoms with Crippen LogP contribution in [0.4, 0.5) is 0 Å². The van der Waals surface area contributed by atoms with Gasteiger partial charge in [0.05, 0.1) is 18.8 Å². The lowest BCUT2D eigenvalue weighted by atomic mass is 10.4. The molecule has 98 valence electrons. The number of pyridine rings is 1. The summed E-state index contributed by atoms with van der Waals surface area (Å²) in [6.45, 7) is 4.25. The number of rotatable bonds is 6. The number of aliphatic hydroxyl groups excluding tert-OH is 1. The zero-order valence-electron chi connectivity index (χ0n) is 10.5. The lowest BCUT2D eigenvalue weighted by Crippen LogP contribution is -2.20. The first-order valence-electron chi connectivity index (χ1n) is 5.89. The van der Waals surface area contributed by atoms with Gasteiger partial charge in [-0.25, -0.2) is 0 Å². The van der Waals surface area contributed by atoms with Crippen molar-refractivity contribution in [3.63, 3.8) is 0 Å². The second-order valence-corrected chi connectivity index (χ2v) is 5.25. The molecule has 0 aliphatic rings. The summed E-state index contributed by atoms with van der Waals surface area (Å²) in [5.41, 5.74) is 0.813. The third-order valence-electron chi connectivity index (χ3n) is 2.31. The van der Waals surface area contributed by atoms with Gasteiger partial charge in [0, 0.05) is 11.9 Å². The predicted molar refractivity (Wildman–Crippen MR) is 70.8 cm³/mol. The maximum atomic E-state index is 9.77. The third kappa shape index (κ3) is 3.44. The molecule has 2 rings (SSSR count). The van der Waals surface area contributed by atoms with Gasteiger partial charge in [-0.2, -0.15) is 0 Å². The molecule has 0 amide bonds. The quantitative estimate of drug-likeness (QED) is 0.806. The maximum Gasteiger partial charge on any atom is 0.195 e. The lowest BCUT2D eigenvalue weighted by molar-refractivity contribution is 0.0152. The molecule has 0 radical (unpaired) electrons. The van der Waals surface area contributed by atoms with Crippen molar-refractivity contribution in [3.8, 4) is 0 Å². The van der Waals surface area contributed by atoms with Crippen LogP contribution >= 0.6 is 11.8 Å². The summed E-state index contributed by atoms with van der Waals surface area (Å²) < 4.78 is 7.26. The van der Waals surface area contributed by atoms with E-state index in [-0.39, 0.29) is 6.10 Å². The fourth-order valence-electron chi connectivity index (χ4n) is 1.44. The van der Waals surface area contributed by atoms with Gasteiger partial charge in [-0.3, -0.25) is 4.40 Å². The number of hydrogen-bond acceptors (Lipinski definition) is 5. The normalized spacial score (nSPS) is 13.3. The molecule has 6 heteroatoms. The Labute approximate surface area is 110 Å². The summed E-state index contributed by atoms with van der Waals surface area (Å²) >= 11 is 1.48. The summed E-state index contributed by atoms with van der Waals surface area (Å²) in [7, 11) is 0. The Hall–Kier alpha value is -1.11. The molecule has 5 nitrogen and oxygen atoms in total. The van der Waals surface area contributed by atoms with Crippen LogP contribution in [-0.4, -0.2) is 44.3 Å². The number of nitrogens with zero attached hydrogens (tertiary/aromatic N) is 3. The largest absolute Gasteiger partial charge is 0.390 e. The van der Waals surface area contributed by atoms with Crippen LogP contribution < -0.4 is 0 Å². The minimum Gasteiger partial charge on any atom is -0.390 e. The highest BCUT2D eigenvalue weighted by molar-refractivity contribution is 7.99. The number of fused-ring (bicyclic) bond motifs is 1. The molecule has 0 aliphatic carbocycles. The second-order valence-electron chi connectivity index (χ2n) is 4.26. The fourth-order valence-corrected chi connectivity index (χ4v) is 2.27. The lowest BCUT2D eigenvalue weighted by Gasteiger charge is -2.12. The van der Waals surface area contributed by atoms with Crippen LogP contribution in [0.15, 0.2) is 29.6 Å². The van der Waals surface area contributed by atoms with E-state index in [2.05, 4.69) is 10.2 Å². The van der Waals surface area contributed by atoms with Gasteiger partial charge in [-0.15, -0.1) is 10.2 Å². The number of aromatic nitrogens is 3. The summed E-state index contributed by atoms with van der Waals surface area (Å²) in [5.74, 6) is 0.544. The average molecular weight is 267 g/mol. The summed E-state index contributed by atoms with van der Waals surface area (Å²) in [6.07, 6.45) is 1.56. The molecule has 2 heterocycles. The van der Waals surface area contributed by atoms with Gasteiger partial charge in [-0.1, -0.05) is 17.8 Å². The van der Waals surface area contributed by atoms with Gasteiger partial charge >= 0.3 is 0 Å². The first-order chi connectivity index (χ1) is 8.66. The summed E-state index contributed by atoms with van der Waals surface area (Å²) in [5, 5.41) is 18.7. The molecule has 0 fully saturated rings. The Morgan fingerprint density at radius 2 is 2.22 bits per heavy atom. The van der Waals surface area contributed by atoms with E-state index in [9.17, 15) is 5.11 Å². The standard InChI is InChI=1S/C12H17N3O2S/c1-9(2)17-7-10(16)8-18-12-14-13-11-5-3-4-6-15(11)12/h3-6,9-10,16H,7-8H2,1-2H3. The van der Waals surface area contributed by atoms with E-state index in [1.165, 1.54) is 11.8 Å². The van der Waals surface area contributed by atoms with Crippen LogP contribution in [0.3, 0.4) is 0 Å². The van der Waals surface area contributed by atoms with Crippen molar-refractivity contribution in [3.05, 3.63) is 24.4 Å². The Morgan fingerprint density at radius 3 is 3.00 bits per heavy atom. The van der Waals surface area contributed by atoms with Gasteiger partial charge in [0.15, 0.2) is 10.8 Å². The Kier molecular flexibility index (Phi) is 4.57. The van der Waals surface area contributed by atoms with Crippen molar-refractivity contribution >= 4 is 17.4 Å². The van der Waals surface area contributed by atoms with E-state index >= 15 is 0 Å². The number of hydrogen-bond donors (Lipinski definition) is 1. The van der Waals surface area contributed by atoms with Crippen LogP contribution in [0.5, 0.6) is 0 Å². The van der Waals surface area contributed by atoms with E-state index in [0.29, 0.717) is 12.4 Å². The Morgan fingerprint density at radius 1 is 1.39 bits per heavy atom. The van der Waals surface area contributed by atoms with E-state index in [4.69, 9.17) is 4.74 Å². The van der Waals surface area contributed by atoms with E-state index in [1.807, 2.05) is 42.6 Å². The fraction of sp³-hybridized carbons (Fsp3) is 0.500. The van der Waals surface area contributed by atoms with Crippen molar-refractivity contribution in [1.82, 2.24) is 14.6 Å². The molecular formula is C12H17N3O2S. The maximum absolute atomic E-state index is 9.77. The van der Waals surface area contributed by atoms with Gasteiger partial charge in [0.2, 0.25) is 0 Å². The molecule has 0 aliphatic heterocycles. The highest BCUT2D eigenvalue weighted by Gasteiger charge is 2.10. The number of ether oxygens (including phenoxy) is 1. The van der Waals surface area contributed by atoms with Gasteiger partial charge in [0.25, 0.3) is 0 Å². The van der Waals surface area contributed by atoms with Gasteiger partial charge < -0.3 is 9.84 Å². The van der Waals surface area contributed by atoms with Crippen molar-refractivity contribution < 1.29 is 9.84 Å². The topological polar surface area (TPSA) is 59.7 Å². The molecule has 0 bridgehead atoms. The Balaban J connectivity index is 1.90. The van der Waals surface area contributed by atoms with Crippen LogP contribution in [0.2, 0.25) is 0 Å². The van der Waals surface area contributed by atoms with E-state index in [1.54, 1.807) is 0 Å². The predicted octanol–water partition coefficient (Wildman–Crippen LogP) is 1.61. The number of thioether (sulfide) groups is 1. The van der Waals surface area contributed by atoms with Gasteiger partial charge in [0.1, 0.15) is 0 Å². The first kappa shape index (κ1) is 13.3. The van der Waals surface area contributed by atoms with E-state index < -0.39 is 6.10 Å². The molecule has 2 aromatic rings. The van der Waals surface area contributed by atoms with Crippen LogP contribution in [0.25, 0.3) is 5.65 Å². The molecule has 1 N–H and O–H groups in total. The van der Waals surface area contributed by atoms with Crippen LogP contribution in [-0.2, 0) is 4.74 Å². The summed E-state index contributed by atoms with van der Waals surface area (Å²) in [6, 6.07) is 5.75. The van der Waals surface area contributed by atoms with Crippen LogP contribution in [0.1, 0.15) is 13.8 Å². The smallest absolute Gasteiger partial charge is 0.195 e. The van der Waals surface area contributed by atoms with E-state index in [0.717, 1.165) is 10.8 Å². The molecule has 1 unspecified atom stereocenters. The minimum absolute atomic E-state index is 0.138. The minimum atomic E-state index is -0.492.